The van der Waals surface area contributed by atoms with E-state index in [1.54, 1.807) is 0 Å². The Hall–Kier alpha value is -2.54. The zero-order valence-corrected chi connectivity index (χ0v) is 10.9. The van der Waals surface area contributed by atoms with Gasteiger partial charge in [0.05, 0.1) is 12.1 Å². The summed E-state index contributed by atoms with van der Waals surface area (Å²) in [5.41, 5.74) is 7.81. The lowest BCUT2D eigenvalue weighted by Crippen LogP contribution is -2.17. The number of hydrogen-bond donors (Lipinski definition) is 2. The number of H-pyrrole nitrogens is 1. The maximum atomic E-state index is 6.24. The number of aromatic amines is 1. The van der Waals surface area contributed by atoms with Crippen LogP contribution in [-0.4, -0.2) is 25.6 Å². The summed E-state index contributed by atoms with van der Waals surface area (Å²) < 4.78 is 5.27. The Labute approximate surface area is 115 Å². The minimum atomic E-state index is -0.207. The molecule has 0 amide bonds. The van der Waals surface area contributed by atoms with E-state index in [2.05, 4.69) is 25.6 Å². The maximum Gasteiger partial charge on any atom is 0.231 e. The standard InChI is InChI=1S/C13H14N6O/c1-8(11(14)9-5-3-2-4-6-9)13-16-12(18-20-13)10-7-15-19-17-10/h2-8,11H,14H2,1H3,(H,15,17,19). The molecule has 7 nitrogen and oxygen atoms in total. The average Bonchev–Trinajstić information content (AvgIpc) is 3.17. The molecule has 0 fully saturated rings. The second-order valence-corrected chi connectivity index (χ2v) is 4.54. The van der Waals surface area contributed by atoms with Gasteiger partial charge in [-0.3, -0.25) is 0 Å². The van der Waals surface area contributed by atoms with Crippen molar-refractivity contribution in [3.63, 3.8) is 0 Å². The third-order valence-corrected chi connectivity index (χ3v) is 3.20. The Balaban J connectivity index is 1.82. The van der Waals surface area contributed by atoms with Gasteiger partial charge in [-0.1, -0.05) is 42.4 Å². The van der Waals surface area contributed by atoms with E-state index in [0.717, 1.165) is 5.56 Å². The van der Waals surface area contributed by atoms with Crippen LogP contribution in [0.15, 0.2) is 41.1 Å². The van der Waals surface area contributed by atoms with E-state index >= 15 is 0 Å². The highest BCUT2D eigenvalue weighted by Crippen LogP contribution is 2.28. The van der Waals surface area contributed by atoms with Crippen LogP contribution in [0.5, 0.6) is 0 Å². The molecule has 102 valence electrons. The van der Waals surface area contributed by atoms with Crippen molar-refractivity contribution in [2.75, 3.05) is 0 Å². The summed E-state index contributed by atoms with van der Waals surface area (Å²) in [6.45, 7) is 1.96. The van der Waals surface area contributed by atoms with E-state index in [4.69, 9.17) is 10.3 Å². The molecular weight excluding hydrogens is 256 g/mol. The molecule has 2 heterocycles. The summed E-state index contributed by atoms with van der Waals surface area (Å²) in [7, 11) is 0. The molecule has 1 aromatic carbocycles. The molecule has 0 spiro atoms. The van der Waals surface area contributed by atoms with Crippen LogP contribution >= 0.6 is 0 Å². The molecule has 3 N–H and O–H groups in total. The van der Waals surface area contributed by atoms with E-state index < -0.39 is 0 Å². The van der Waals surface area contributed by atoms with Crippen LogP contribution in [0, 0.1) is 0 Å². The summed E-state index contributed by atoms with van der Waals surface area (Å²) in [5.74, 6) is 0.797. The Bertz CT molecular complexity index is 663. The third-order valence-electron chi connectivity index (χ3n) is 3.20. The van der Waals surface area contributed by atoms with Gasteiger partial charge < -0.3 is 10.3 Å². The molecule has 0 saturated carbocycles. The van der Waals surface area contributed by atoms with Crippen molar-refractivity contribution in [1.82, 2.24) is 25.6 Å². The molecule has 0 radical (unpaired) electrons. The van der Waals surface area contributed by atoms with Gasteiger partial charge in [0.2, 0.25) is 11.7 Å². The first-order valence-corrected chi connectivity index (χ1v) is 6.26. The summed E-state index contributed by atoms with van der Waals surface area (Å²) in [6.07, 6.45) is 1.54. The SMILES string of the molecule is CC(c1nc(-c2cn[nH]n2)no1)C(N)c1ccccc1. The normalized spacial score (nSPS) is 14.1. The molecule has 2 atom stereocenters. The molecule has 7 heteroatoms. The van der Waals surface area contributed by atoms with E-state index in [0.29, 0.717) is 17.4 Å². The smallest absolute Gasteiger partial charge is 0.231 e. The minimum Gasteiger partial charge on any atom is -0.339 e. The van der Waals surface area contributed by atoms with Crippen LogP contribution in [0.2, 0.25) is 0 Å². The van der Waals surface area contributed by atoms with E-state index in [1.807, 2.05) is 37.3 Å². The number of nitrogens with one attached hydrogen (secondary N) is 1. The molecule has 0 aliphatic rings. The highest BCUT2D eigenvalue weighted by molar-refractivity contribution is 5.45. The highest BCUT2D eigenvalue weighted by Gasteiger charge is 2.23. The molecule has 2 unspecified atom stereocenters. The Kier molecular flexibility index (Phi) is 3.26. The van der Waals surface area contributed by atoms with Gasteiger partial charge in [-0.2, -0.15) is 20.4 Å². The van der Waals surface area contributed by atoms with Crippen molar-refractivity contribution in [1.29, 1.82) is 0 Å². The summed E-state index contributed by atoms with van der Waals surface area (Å²) >= 11 is 0. The Morgan fingerprint density at radius 3 is 2.75 bits per heavy atom. The van der Waals surface area contributed by atoms with Crippen LogP contribution < -0.4 is 5.73 Å². The maximum absolute atomic E-state index is 6.24. The minimum absolute atomic E-state index is 0.0921. The highest BCUT2D eigenvalue weighted by atomic mass is 16.5. The lowest BCUT2D eigenvalue weighted by Gasteiger charge is -2.16. The lowest BCUT2D eigenvalue weighted by atomic mass is 9.95. The fraction of sp³-hybridized carbons (Fsp3) is 0.231. The average molecular weight is 270 g/mol. The van der Waals surface area contributed by atoms with Crippen molar-refractivity contribution < 1.29 is 4.52 Å². The van der Waals surface area contributed by atoms with Crippen molar-refractivity contribution >= 4 is 0 Å². The monoisotopic (exact) mass is 270 g/mol. The van der Waals surface area contributed by atoms with Gasteiger partial charge in [0.25, 0.3) is 0 Å². The number of aromatic nitrogens is 5. The van der Waals surface area contributed by atoms with Gasteiger partial charge >= 0.3 is 0 Å². The zero-order valence-electron chi connectivity index (χ0n) is 10.9. The molecule has 3 aromatic rings. The van der Waals surface area contributed by atoms with E-state index in [1.165, 1.54) is 6.20 Å². The summed E-state index contributed by atoms with van der Waals surface area (Å²) in [4.78, 5) is 4.32. The largest absolute Gasteiger partial charge is 0.339 e. The van der Waals surface area contributed by atoms with Gasteiger partial charge in [0.1, 0.15) is 0 Å². The summed E-state index contributed by atoms with van der Waals surface area (Å²) in [6, 6.07) is 9.62. The molecule has 0 saturated heterocycles. The van der Waals surface area contributed by atoms with Crippen LogP contribution in [0.1, 0.15) is 30.3 Å². The second-order valence-electron chi connectivity index (χ2n) is 4.54. The van der Waals surface area contributed by atoms with Crippen molar-refractivity contribution in [2.45, 2.75) is 18.9 Å². The zero-order chi connectivity index (χ0) is 13.9. The quantitative estimate of drug-likeness (QED) is 0.746. The molecule has 3 rings (SSSR count). The second kappa shape index (κ2) is 5.22. The lowest BCUT2D eigenvalue weighted by molar-refractivity contribution is 0.343. The Morgan fingerprint density at radius 2 is 2.05 bits per heavy atom. The number of nitrogens with zero attached hydrogens (tertiary/aromatic N) is 4. The van der Waals surface area contributed by atoms with Crippen molar-refractivity contribution in [2.24, 2.45) is 5.73 Å². The van der Waals surface area contributed by atoms with Gasteiger partial charge in [-0.05, 0) is 5.56 Å². The predicted molar refractivity (Wildman–Crippen MR) is 71.5 cm³/mol. The molecule has 0 bridgehead atoms. The molecule has 0 aliphatic heterocycles. The van der Waals surface area contributed by atoms with E-state index in [-0.39, 0.29) is 12.0 Å². The van der Waals surface area contributed by atoms with Gasteiger partial charge in [-0.15, -0.1) is 0 Å². The van der Waals surface area contributed by atoms with Gasteiger partial charge in [0, 0.05) is 6.04 Å². The topological polar surface area (TPSA) is 107 Å². The van der Waals surface area contributed by atoms with E-state index in [9.17, 15) is 0 Å². The first kappa shape index (κ1) is 12.5. The van der Waals surface area contributed by atoms with Crippen LogP contribution in [-0.2, 0) is 0 Å². The van der Waals surface area contributed by atoms with Crippen molar-refractivity contribution in [3.05, 3.63) is 48.0 Å². The van der Waals surface area contributed by atoms with Gasteiger partial charge in [-0.25, -0.2) is 0 Å². The molecular formula is C13H14N6O. The summed E-state index contributed by atoms with van der Waals surface area (Å²) in [5, 5.41) is 14.0. The Morgan fingerprint density at radius 1 is 1.25 bits per heavy atom. The molecule has 0 aliphatic carbocycles. The third kappa shape index (κ3) is 2.30. The molecule has 2 aromatic heterocycles. The first-order chi connectivity index (χ1) is 9.75. The molecule has 20 heavy (non-hydrogen) atoms. The number of hydrogen-bond acceptors (Lipinski definition) is 6. The number of nitrogens with two attached hydrogens (primary N) is 1. The first-order valence-electron chi connectivity index (χ1n) is 6.26. The van der Waals surface area contributed by atoms with Gasteiger partial charge in [0.15, 0.2) is 5.69 Å². The fourth-order valence-corrected chi connectivity index (χ4v) is 1.95. The predicted octanol–water partition coefficient (Wildman–Crippen LogP) is 1.66. The van der Waals surface area contributed by atoms with Crippen LogP contribution in [0.3, 0.4) is 0 Å². The fourth-order valence-electron chi connectivity index (χ4n) is 1.95. The number of benzene rings is 1. The van der Waals surface area contributed by atoms with Crippen LogP contribution in [0.4, 0.5) is 0 Å². The van der Waals surface area contributed by atoms with Crippen LogP contribution in [0.25, 0.3) is 11.5 Å². The van der Waals surface area contributed by atoms with Crippen molar-refractivity contribution in [3.8, 4) is 11.5 Å². The number of rotatable bonds is 4.